The Morgan fingerprint density at radius 1 is 1.48 bits per heavy atom. The van der Waals surface area contributed by atoms with Gasteiger partial charge < -0.3 is 4.74 Å². The predicted octanol–water partition coefficient (Wildman–Crippen LogP) is 3.92. The summed E-state index contributed by atoms with van der Waals surface area (Å²) in [4.78, 5) is 12.4. The van der Waals surface area contributed by atoms with Gasteiger partial charge in [-0.05, 0) is 25.0 Å². The lowest BCUT2D eigenvalue weighted by molar-refractivity contribution is -0.122. The lowest BCUT2D eigenvalue weighted by Crippen LogP contribution is -2.32. The van der Waals surface area contributed by atoms with Crippen LogP contribution in [-0.4, -0.2) is 28.0 Å². The van der Waals surface area contributed by atoms with E-state index in [2.05, 4.69) is 22.1 Å². The summed E-state index contributed by atoms with van der Waals surface area (Å²) in [7, 11) is 0. The molecule has 2 aromatic rings. The fourth-order valence-corrected chi connectivity index (χ4v) is 3.31. The number of carbonyl (C=O) groups excluding carboxylic acids is 1. The smallest absolute Gasteiger partial charge is 0.267 e. The number of aromatic nitrogens is 2. The van der Waals surface area contributed by atoms with E-state index in [9.17, 15) is 4.79 Å². The number of thioether (sulfide) groups is 1. The van der Waals surface area contributed by atoms with Crippen LogP contribution in [0.5, 0.6) is 5.75 Å². The minimum Gasteiger partial charge on any atom is -0.480 e. The van der Waals surface area contributed by atoms with E-state index in [0.29, 0.717) is 17.3 Å². The minimum atomic E-state index is -0.565. The van der Waals surface area contributed by atoms with Gasteiger partial charge in [0.1, 0.15) is 5.75 Å². The molecule has 1 N–H and O–H groups in total. The van der Waals surface area contributed by atoms with Gasteiger partial charge in [-0.2, -0.15) is 0 Å². The molecule has 0 fully saturated rings. The van der Waals surface area contributed by atoms with Crippen LogP contribution in [0.15, 0.2) is 41.3 Å². The molecule has 1 aromatic heterocycles. The molecule has 23 heavy (non-hydrogen) atoms. The Morgan fingerprint density at radius 2 is 2.26 bits per heavy atom. The number of nitrogens with one attached hydrogen (secondary N) is 1. The number of para-hydroxylation sites is 1. The zero-order chi connectivity index (χ0) is 16.7. The zero-order valence-electron chi connectivity index (χ0n) is 13.1. The normalized spacial score (nSPS) is 11.7. The molecule has 0 aliphatic heterocycles. The van der Waals surface area contributed by atoms with Crippen molar-refractivity contribution in [3.05, 3.63) is 42.5 Å². The zero-order valence-corrected chi connectivity index (χ0v) is 14.7. The van der Waals surface area contributed by atoms with Crippen molar-refractivity contribution in [2.45, 2.75) is 30.7 Å². The number of hydrogen-bond acceptors (Lipinski definition) is 6. The van der Waals surface area contributed by atoms with Crippen LogP contribution in [0.4, 0.5) is 5.13 Å². The average molecular weight is 349 g/mol. The van der Waals surface area contributed by atoms with Crippen molar-refractivity contribution >= 4 is 34.1 Å². The Morgan fingerprint density at radius 3 is 2.96 bits per heavy atom. The predicted molar refractivity (Wildman–Crippen MR) is 95.3 cm³/mol. The van der Waals surface area contributed by atoms with E-state index in [-0.39, 0.29) is 5.91 Å². The second kappa shape index (κ2) is 8.69. The number of benzene rings is 1. The van der Waals surface area contributed by atoms with Gasteiger partial charge in [0, 0.05) is 5.75 Å². The molecule has 0 aliphatic rings. The Kier molecular flexibility index (Phi) is 6.61. The number of nitrogens with zero attached hydrogens (tertiary/aromatic N) is 2. The molecule has 1 aromatic carbocycles. The largest absolute Gasteiger partial charge is 0.480 e. The molecule has 0 saturated carbocycles. The molecule has 0 spiro atoms. The van der Waals surface area contributed by atoms with Crippen LogP contribution in [0.1, 0.15) is 18.9 Å². The summed E-state index contributed by atoms with van der Waals surface area (Å²) in [5.41, 5.74) is 0.998. The van der Waals surface area contributed by atoms with Gasteiger partial charge in [-0.15, -0.1) is 16.8 Å². The molecular weight excluding hydrogens is 330 g/mol. The van der Waals surface area contributed by atoms with Crippen LogP contribution in [0.2, 0.25) is 0 Å². The van der Waals surface area contributed by atoms with Gasteiger partial charge in [0.25, 0.3) is 5.91 Å². The van der Waals surface area contributed by atoms with Gasteiger partial charge >= 0.3 is 0 Å². The Labute approximate surface area is 144 Å². The second-order valence-electron chi connectivity index (χ2n) is 4.74. The first-order valence-corrected chi connectivity index (χ1v) is 9.04. The maximum Gasteiger partial charge on any atom is 0.267 e. The van der Waals surface area contributed by atoms with Crippen molar-refractivity contribution in [3.8, 4) is 5.75 Å². The molecule has 5 nitrogen and oxygen atoms in total. The van der Waals surface area contributed by atoms with E-state index in [0.717, 1.165) is 15.7 Å². The van der Waals surface area contributed by atoms with Gasteiger partial charge in [-0.1, -0.05) is 54.3 Å². The first kappa shape index (κ1) is 17.5. The summed E-state index contributed by atoms with van der Waals surface area (Å²) in [6, 6.07) is 7.64. The molecular formula is C16H19N3O2S2. The lowest BCUT2D eigenvalue weighted by Gasteiger charge is -2.17. The number of ether oxygens (including phenoxy) is 1. The third kappa shape index (κ3) is 5.07. The Bertz CT molecular complexity index is 673. The average Bonchev–Trinajstić information content (AvgIpc) is 2.99. The van der Waals surface area contributed by atoms with Crippen LogP contribution in [-0.2, 0) is 4.79 Å². The first-order valence-electron chi connectivity index (χ1n) is 7.24. The van der Waals surface area contributed by atoms with E-state index >= 15 is 0 Å². The highest BCUT2D eigenvalue weighted by Crippen LogP contribution is 2.26. The Hall–Kier alpha value is -1.86. The van der Waals surface area contributed by atoms with Crippen LogP contribution in [0, 0.1) is 6.92 Å². The summed E-state index contributed by atoms with van der Waals surface area (Å²) >= 11 is 2.88. The molecule has 2 rings (SSSR count). The quantitative estimate of drug-likeness (QED) is 0.444. The summed E-state index contributed by atoms with van der Waals surface area (Å²) in [5.74, 6) is 1.26. The fraction of sp³-hybridized carbons (Fsp3) is 0.312. The second-order valence-corrected chi connectivity index (χ2v) is 6.99. The topological polar surface area (TPSA) is 64.1 Å². The van der Waals surface area contributed by atoms with Crippen molar-refractivity contribution in [2.75, 3.05) is 11.1 Å². The number of rotatable bonds is 8. The number of carbonyl (C=O) groups is 1. The molecule has 0 aliphatic carbocycles. The van der Waals surface area contributed by atoms with Crippen molar-refractivity contribution in [2.24, 2.45) is 0 Å². The summed E-state index contributed by atoms with van der Waals surface area (Å²) in [6.07, 6.45) is 1.80. The van der Waals surface area contributed by atoms with Gasteiger partial charge in [-0.3, -0.25) is 10.1 Å². The molecule has 7 heteroatoms. The van der Waals surface area contributed by atoms with Crippen LogP contribution in [0.3, 0.4) is 0 Å². The highest BCUT2D eigenvalue weighted by atomic mass is 32.2. The third-order valence-electron chi connectivity index (χ3n) is 2.99. The number of aryl methyl sites for hydroxylation is 1. The van der Waals surface area contributed by atoms with E-state index in [1.54, 1.807) is 6.08 Å². The molecule has 1 atom stereocenters. The number of amides is 1. The molecule has 0 radical (unpaired) electrons. The SMILES string of the molecule is C=CCSc1nnc(NC(=O)C(CC)Oc2ccccc2C)s1. The van der Waals surface area contributed by atoms with E-state index in [1.807, 2.05) is 38.1 Å². The highest BCUT2D eigenvalue weighted by Gasteiger charge is 2.20. The number of hydrogen-bond donors (Lipinski definition) is 1. The molecule has 0 saturated heterocycles. The first-order chi connectivity index (χ1) is 11.1. The Balaban J connectivity index is 1.98. The van der Waals surface area contributed by atoms with E-state index in [1.165, 1.54) is 23.1 Å². The number of anilines is 1. The molecule has 122 valence electrons. The van der Waals surface area contributed by atoms with Gasteiger partial charge in [0.05, 0.1) is 0 Å². The molecule has 1 amide bonds. The van der Waals surface area contributed by atoms with Crippen molar-refractivity contribution in [3.63, 3.8) is 0 Å². The highest BCUT2D eigenvalue weighted by molar-refractivity contribution is 8.01. The molecule has 0 bridgehead atoms. The van der Waals surface area contributed by atoms with Gasteiger partial charge in [0.2, 0.25) is 5.13 Å². The molecule has 1 heterocycles. The van der Waals surface area contributed by atoms with Crippen LogP contribution < -0.4 is 10.1 Å². The van der Waals surface area contributed by atoms with Crippen molar-refractivity contribution in [1.29, 1.82) is 0 Å². The summed E-state index contributed by atoms with van der Waals surface area (Å²) < 4.78 is 6.63. The molecule has 1 unspecified atom stereocenters. The van der Waals surface area contributed by atoms with E-state index < -0.39 is 6.10 Å². The summed E-state index contributed by atoms with van der Waals surface area (Å²) in [5, 5.41) is 11.2. The maximum atomic E-state index is 12.4. The van der Waals surface area contributed by atoms with Crippen LogP contribution >= 0.6 is 23.1 Å². The van der Waals surface area contributed by atoms with Crippen molar-refractivity contribution in [1.82, 2.24) is 10.2 Å². The minimum absolute atomic E-state index is 0.216. The van der Waals surface area contributed by atoms with Crippen LogP contribution in [0.25, 0.3) is 0 Å². The monoisotopic (exact) mass is 349 g/mol. The van der Waals surface area contributed by atoms with Crippen molar-refractivity contribution < 1.29 is 9.53 Å². The standard InChI is InChI=1S/C16H19N3O2S2/c1-4-10-22-16-19-18-15(23-16)17-14(20)12(5-2)21-13-9-7-6-8-11(13)3/h4,6-9,12H,1,5,10H2,2-3H3,(H,17,18,20). The fourth-order valence-electron chi connectivity index (χ4n) is 1.80. The summed E-state index contributed by atoms with van der Waals surface area (Å²) in [6.45, 7) is 7.52. The van der Waals surface area contributed by atoms with E-state index in [4.69, 9.17) is 4.74 Å². The van der Waals surface area contributed by atoms with Gasteiger partial charge in [0.15, 0.2) is 10.4 Å². The lowest BCUT2D eigenvalue weighted by atomic mass is 10.2. The third-order valence-corrected chi connectivity index (χ3v) is 4.96. The maximum absolute atomic E-state index is 12.4. The van der Waals surface area contributed by atoms with Gasteiger partial charge in [-0.25, -0.2) is 0 Å².